The lowest BCUT2D eigenvalue weighted by Crippen LogP contribution is -2.23. The molecule has 2 N–H and O–H groups in total. The van der Waals surface area contributed by atoms with Gasteiger partial charge in [-0.15, -0.1) is 11.3 Å². The number of anilines is 1. The fourth-order valence-corrected chi connectivity index (χ4v) is 3.46. The molecule has 5 nitrogen and oxygen atoms in total. The number of carbonyl (C=O) groups is 1. The summed E-state index contributed by atoms with van der Waals surface area (Å²) in [4.78, 5) is 28.3. The first-order valence-corrected chi connectivity index (χ1v) is 8.56. The molecule has 0 bridgehead atoms. The number of hydrogen-bond donors (Lipinski definition) is 2. The molecule has 0 amide bonds. The fourth-order valence-electron chi connectivity index (χ4n) is 2.53. The molecule has 0 atom stereocenters. The lowest BCUT2D eigenvalue weighted by Gasteiger charge is -2.13. The first-order valence-electron chi connectivity index (χ1n) is 7.31. The van der Waals surface area contributed by atoms with Gasteiger partial charge in [0.1, 0.15) is 5.56 Å². The molecule has 2 heterocycles. The molecule has 0 unspecified atom stereocenters. The summed E-state index contributed by atoms with van der Waals surface area (Å²) in [5.74, 6) is -0.684. The van der Waals surface area contributed by atoms with E-state index in [0.717, 1.165) is 6.42 Å². The van der Waals surface area contributed by atoms with Crippen LogP contribution in [0.1, 0.15) is 15.2 Å². The number of benzene rings is 1. The highest BCUT2D eigenvalue weighted by Crippen LogP contribution is 2.29. The molecule has 7 heteroatoms. The Bertz CT molecular complexity index is 935. The number of methoxy groups -OCH3 is 1. The molecule has 0 aliphatic carbocycles. The van der Waals surface area contributed by atoms with Crippen molar-refractivity contribution >= 4 is 45.5 Å². The molecule has 124 valence electrons. The SMILES string of the molecule is COC(=O)c1c(NCCc2cccs2)c2cccc(Cl)c2[nH]c1=O. The number of thiophene rings is 1. The van der Waals surface area contributed by atoms with Crippen LogP contribution in [-0.2, 0) is 11.2 Å². The number of nitrogens with one attached hydrogen (secondary N) is 2. The Labute approximate surface area is 147 Å². The number of rotatable bonds is 5. The first-order chi connectivity index (χ1) is 11.6. The highest BCUT2D eigenvalue weighted by atomic mass is 35.5. The summed E-state index contributed by atoms with van der Waals surface area (Å²) >= 11 is 7.83. The van der Waals surface area contributed by atoms with Crippen molar-refractivity contribution in [2.75, 3.05) is 19.0 Å². The molecule has 0 saturated carbocycles. The van der Waals surface area contributed by atoms with Gasteiger partial charge in [0.2, 0.25) is 0 Å². The van der Waals surface area contributed by atoms with E-state index in [0.29, 0.717) is 28.2 Å². The number of aromatic amines is 1. The Morgan fingerprint density at radius 1 is 1.33 bits per heavy atom. The summed E-state index contributed by atoms with van der Waals surface area (Å²) in [6.45, 7) is 0.579. The van der Waals surface area contributed by atoms with Gasteiger partial charge in [-0.1, -0.05) is 29.8 Å². The molecule has 0 fully saturated rings. The van der Waals surface area contributed by atoms with E-state index in [1.807, 2.05) is 17.5 Å². The van der Waals surface area contributed by atoms with Crippen molar-refractivity contribution in [2.45, 2.75) is 6.42 Å². The maximum Gasteiger partial charge on any atom is 0.345 e. The van der Waals surface area contributed by atoms with Crippen LogP contribution in [-0.4, -0.2) is 24.6 Å². The third-order valence-corrected chi connectivity index (χ3v) is 4.89. The summed E-state index contributed by atoms with van der Waals surface area (Å²) < 4.78 is 4.76. The number of H-pyrrole nitrogens is 1. The predicted molar refractivity (Wildman–Crippen MR) is 97.4 cm³/mol. The Morgan fingerprint density at radius 2 is 2.17 bits per heavy atom. The lowest BCUT2D eigenvalue weighted by molar-refractivity contribution is 0.0600. The minimum atomic E-state index is -0.684. The number of carbonyl (C=O) groups excluding carboxylic acids is 1. The van der Waals surface area contributed by atoms with Crippen LogP contribution in [0.5, 0.6) is 0 Å². The van der Waals surface area contributed by atoms with Gasteiger partial charge in [-0.2, -0.15) is 0 Å². The third kappa shape index (κ3) is 3.16. The number of para-hydroxylation sites is 1. The lowest BCUT2D eigenvalue weighted by atomic mass is 10.1. The first kappa shape index (κ1) is 16.5. The van der Waals surface area contributed by atoms with E-state index in [4.69, 9.17) is 16.3 Å². The fraction of sp³-hybridized carbons (Fsp3) is 0.176. The second-order valence-corrected chi connectivity index (χ2v) is 6.55. The maximum atomic E-state index is 12.3. The highest BCUT2D eigenvalue weighted by Gasteiger charge is 2.20. The van der Waals surface area contributed by atoms with E-state index in [-0.39, 0.29) is 5.56 Å². The van der Waals surface area contributed by atoms with Crippen molar-refractivity contribution in [1.29, 1.82) is 0 Å². The van der Waals surface area contributed by atoms with Crippen LogP contribution in [0.15, 0.2) is 40.5 Å². The molecule has 0 radical (unpaired) electrons. The van der Waals surface area contributed by atoms with Gasteiger partial charge in [0.05, 0.1) is 23.3 Å². The molecule has 2 aromatic heterocycles. The smallest absolute Gasteiger partial charge is 0.345 e. The van der Waals surface area contributed by atoms with Crippen LogP contribution >= 0.6 is 22.9 Å². The van der Waals surface area contributed by atoms with E-state index in [1.165, 1.54) is 12.0 Å². The van der Waals surface area contributed by atoms with E-state index in [1.54, 1.807) is 29.5 Å². The average molecular weight is 363 g/mol. The number of esters is 1. The van der Waals surface area contributed by atoms with Gasteiger partial charge in [-0.25, -0.2) is 4.79 Å². The van der Waals surface area contributed by atoms with Gasteiger partial charge < -0.3 is 15.0 Å². The molecule has 1 aromatic carbocycles. The van der Waals surface area contributed by atoms with Gasteiger partial charge in [0.25, 0.3) is 5.56 Å². The van der Waals surface area contributed by atoms with Gasteiger partial charge >= 0.3 is 5.97 Å². The molecule has 0 aliphatic rings. The Kier molecular flexibility index (Phi) is 4.87. The zero-order chi connectivity index (χ0) is 17.1. The topological polar surface area (TPSA) is 71.2 Å². The molecule has 3 rings (SSSR count). The quantitative estimate of drug-likeness (QED) is 0.679. The highest BCUT2D eigenvalue weighted by molar-refractivity contribution is 7.09. The molecule has 0 saturated heterocycles. The monoisotopic (exact) mass is 362 g/mol. The van der Waals surface area contributed by atoms with Crippen LogP contribution in [0.3, 0.4) is 0 Å². The summed E-state index contributed by atoms with van der Waals surface area (Å²) in [6.07, 6.45) is 0.785. The third-order valence-electron chi connectivity index (χ3n) is 3.64. The van der Waals surface area contributed by atoms with Crippen LogP contribution < -0.4 is 10.9 Å². The molecular weight excluding hydrogens is 348 g/mol. The van der Waals surface area contributed by atoms with Crippen molar-refractivity contribution in [3.63, 3.8) is 0 Å². The number of pyridine rings is 1. The van der Waals surface area contributed by atoms with Crippen LogP contribution in [0.4, 0.5) is 5.69 Å². The van der Waals surface area contributed by atoms with E-state index < -0.39 is 11.5 Å². The minimum Gasteiger partial charge on any atom is -0.465 e. The molecule has 3 aromatic rings. The molecule has 0 aliphatic heterocycles. The van der Waals surface area contributed by atoms with Crippen molar-refractivity contribution in [3.8, 4) is 0 Å². The number of aromatic nitrogens is 1. The van der Waals surface area contributed by atoms with E-state index in [9.17, 15) is 9.59 Å². The standard InChI is InChI=1S/C17H15ClN2O3S/c1-23-17(22)13-15(19-8-7-10-4-3-9-24-10)11-5-2-6-12(18)14(11)20-16(13)21/h2-6,9H,7-8H2,1H3,(H2,19,20,21). The number of halogens is 1. The number of hydrogen-bond acceptors (Lipinski definition) is 5. The number of ether oxygens (including phenoxy) is 1. The van der Waals surface area contributed by atoms with Gasteiger partial charge in [0.15, 0.2) is 0 Å². The van der Waals surface area contributed by atoms with Crippen molar-refractivity contribution in [1.82, 2.24) is 4.98 Å². The van der Waals surface area contributed by atoms with Gasteiger partial charge in [0, 0.05) is 16.8 Å². The van der Waals surface area contributed by atoms with Crippen LogP contribution in [0.2, 0.25) is 5.02 Å². The Balaban J connectivity index is 2.05. The van der Waals surface area contributed by atoms with Crippen LogP contribution in [0, 0.1) is 0 Å². The summed E-state index contributed by atoms with van der Waals surface area (Å²) in [7, 11) is 1.25. The molecule has 24 heavy (non-hydrogen) atoms. The van der Waals surface area contributed by atoms with Gasteiger partial charge in [-0.05, 0) is 23.9 Å². The average Bonchev–Trinajstić information content (AvgIpc) is 3.08. The minimum absolute atomic E-state index is 0.0431. The largest absolute Gasteiger partial charge is 0.465 e. The Morgan fingerprint density at radius 3 is 2.88 bits per heavy atom. The van der Waals surface area contributed by atoms with Gasteiger partial charge in [-0.3, -0.25) is 4.79 Å². The second-order valence-electron chi connectivity index (χ2n) is 5.11. The normalized spacial score (nSPS) is 10.8. The summed E-state index contributed by atoms with van der Waals surface area (Å²) in [5.41, 5.74) is 0.370. The van der Waals surface area contributed by atoms with Crippen LogP contribution in [0.25, 0.3) is 10.9 Å². The summed E-state index contributed by atoms with van der Waals surface area (Å²) in [5, 5.41) is 6.31. The summed E-state index contributed by atoms with van der Waals surface area (Å²) in [6, 6.07) is 9.29. The van der Waals surface area contributed by atoms with Crippen molar-refractivity contribution < 1.29 is 9.53 Å². The van der Waals surface area contributed by atoms with Crippen molar-refractivity contribution in [2.24, 2.45) is 0 Å². The predicted octanol–water partition coefficient (Wildman–Crippen LogP) is 3.68. The van der Waals surface area contributed by atoms with E-state index >= 15 is 0 Å². The molecule has 0 spiro atoms. The zero-order valence-electron chi connectivity index (χ0n) is 12.9. The van der Waals surface area contributed by atoms with Crippen molar-refractivity contribution in [3.05, 3.63) is 61.5 Å². The maximum absolute atomic E-state index is 12.3. The number of fused-ring (bicyclic) bond motifs is 1. The zero-order valence-corrected chi connectivity index (χ0v) is 14.5. The second kappa shape index (κ2) is 7.07. The Hall–Kier alpha value is -2.31. The molecular formula is C17H15ClN2O3S. The van der Waals surface area contributed by atoms with E-state index in [2.05, 4.69) is 10.3 Å².